The third-order valence-corrected chi connectivity index (χ3v) is 5.21. The van der Waals surface area contributed by atoms with E-state index in [1.807, 2.05) is 44.3 Å². The predicted octanol–water partition coefficient (Wildman–Crippen LogP) is 1.80. The predicted molar refractivity (Wildman–Crippen MR) is 88.1 cm³/mol. The van der Waals surface area contributed by atoms with E-state index in [-0.39, 0.29) is 17.1 Å². The average Bonchev–Trinajstić information content (AvgIpc) is 2.63. The highest BCUT2D eigenvalue weighted by atomic mass is 35.5. The zero-order chi connectivity index (χ0) is 16.0. The van der Waals surface area contributed by atoms with Gasteiger partial charge in [0.25, 0.3) is 0 Å². The van der Waals surface area contributed by atoms with Gasteiger partial charge < -0.3 is 20.3 Å². The Kier molecular flexibility index (Phi) is 4.03. The molecule has 2 N–H and O–H groups in total. The molecule has 5 heteroatoms. The molecule has 118 valence electrons. The number of aliphatic hydroxyl groups excluding tert-OH is 1. The van der Waals surface area contributed by atoms with E-state index in [0.29, 0.717) is 5.02 Å². The molecule has 0 amide bonds. The van der Waals surface area contributed by atoms with Gasteiger partial charge in [-0.25, -0.2) is 0 Å². The molecular weight excluding hydrogens is 300 g/mol. The Balaban J connectivity index is 2.14. The molecule has 1 aromatic rings. The Morgan fingerprint density at radius 1 is 1.32 bits per heavy atom. The first-order valence-electron chi connectivity index (χ1n) is 7.56. The lowest BCUT2D eigenvalue weighted by atomic mass is 9.99. The standard InChI is InChI=1S/C17H21ClN2O2/c1-10-8-13-11(2)20(22)17(21)14(13)9-16(19(10)3)12-6-4-5-7-15(12)18/h4-7,9-11,17,20-21H,8H2,1-3H3. The second-order valence-electron chi connectivity index (χ2n) is 6.18. The largest absolute Gasteiger partial charge is 0.632 e. The SMILES string of the molecule is CC1CC2=C(C=C(c3ccccc3Cl)N1C)C(O)[NH+]([O-])C2C. The molecule has 2 heterocycles. The molecule has 4 atom stereocenters. The summed E-state index contributed by atoms with van der Waals surface area (Å²) in [5.41, 5.74) is 3.68. The summed E-state index contributed by atoms with van der Waals surface area (Å²) in [5.74, 6) is 0. The minimum absolute atomic E-state index is 0.100. The van der Waals surface area contributed by atoms with Crippen LogP contribution in [0, 0.1) is 5.21 Å². The number of halogens is 1. The Labute approximate surface area is 135 Å². The molecule has 0 bridgehead atoms. The summed E-state index contributed by atoms with van der Waals surface area (Å²) < 4.78 is 0. The molecule has 4 nitrogen and oxygen atoms in total. The van der Waals surface area contributed by atoms with Crippen molar-refractivity contribution >= 4 is 17.3 Å². The number of hydrogen-bond acceptors (Lipinski definition) is 3. The number of benzene rings is 1. The van der Waals surface area contributed by atoms with Crippen molar-refractivity contribution in [2.45, 2.75) is 38.6 Å². The van der Waals surface area contributed by atoms with E-state index < -0.39 is 6.23 Å². The highest BCUT2D eigenvalue weighted by Gasteiger charge is 2.39. The lowest BCUT2D eigenvalue weighted by Gasteiger charge is -2.32. The van der Waals surface area contributed by atoms with E-state index in [1.54, 1.807) is 0 Å². The Bertz CT molecular complexity index is 656. The minimum atomic E-state index is -1.01. The lowest BCUT2D eigenvalue weighted by molar-refractivity contribution is -0.903. The van der Waals surface area contributed by atoms with Crippen LogP contribution in [0.1, 0.15) is 25.8 Å². The van der Waals surface area contributed by atoms with Crippen LogP contribution in [0.2, 0.25) is 5.02 Å². The van der Waals surface area contributed by atoms with E-state index in [4.69, 9.17) is 11.6 Å². The van der Waals surface area contributed by atoms with Crippen LogP contribution in [0.4, 0.5) is 0 Å². The van der Waals surface area contributed by atoms with Crippen LogP contribution in [-0.2, 0) is 0 Å². The van der Waals surface area contributed by atoms with E-state index in [0.717, 1.165) is 28.8 Å². The van der Waals surface area contributed by atoms with Gasteiger partial charge in [0, 0.05) is 40.5 Å². The van der Waals surface area contributed by atoms with Crippen LogP contribution in [0.3, 0.4) is 0 Å². The van der Waals surface area contributed by atoms with E-state index in [2.05, 4.69) is 11.8 Å². The van der Waals surface area contributed by atoms with Gasteiger partial charge in [0.2, 0.25) is 6.23 Å². The fourth-order valence-electron chi connectivity index (χ4n) is 3.33. The third kappa shape index (κ3) is 2.36. The molecule has 1 aromatic carbocycles. The first-order chi connectivity index (χ1) is 10.4. The van der Waals surface area contributed by atoms with Gasteiger partial charge in [-0.3, -0.25) is 0 Å². The van der Waals surface area contributed by atoms with Crippen molar-refractivity contribution in [1.29, 1.82) is 0 Å². The van der Waals surface area contributed by atoms with Crippen molar-refractivity contribution in [2.24, 2.45) is 0 Å². The highest BCUT2D eigenvalue weighted by molar-refractivity contribution is 6.32. The molecule has 0 radical (unpaired) electrons. The van der Waals surface area contributed by atoms with Gasteiger partial charge in [0.15, 0.2) is 0 Å². The van der Waals surface area contributed by atoms with Crippen LogP contribution in [0.25, 0.3) is 5.70 Å². The second-order valence-corrected chi connectivity index (χ2v) is 6.59. The summed E-state index contributed by atoms with van der Waals surface area (Å²) in [7, 11) is 2.03. The molecule has 2 aliphatic rings. The van der Waals surface area contributed by atoms with Crippen LogP contribution in [0.15, 0.2) is 41.5 Å². The van der Waals surface area contributed by atoms with Gasteiger partial charge in [0.1, 0.15) is 6.04 Å². The van der Waals surface area contributed by atoms with Gasteiger partial charge in [0.05, 0.1) is 0 Å². The second kappa shape index (κ2) is 5.70. The zero-order valence-corrected chi connectivity index (χ0v) is 13.8. The quantitative estimate of drug-likeness (QED) is 0.776. The Morgan fingerprint density at radius 2 is 2.00 bits per heavy atom. The van der Waals surface area contributed by atoms with Gasteiger partial charge in [-0.15, -0.1) is 0 Å². The minimum Gasteiger partial charge on any atom is -0.632 e. The van der Waals surface area contributed by atoms with E-state index in [9.17, 15) is 10.3 Å². The molecule has 0 spiro atoms. The number of aliphatic hydroxyl groups is 1. The summed E-state index contributed by atoms with van der Waals surface area (Å²) in [6.07, 6.45) is 1.70. The van der Waals surface area contributed by atoms with Gasteiger partial charge in [-0.1, -0.05) is 29.8 Å². The van der Waals surface area contributed by atoms with Crippen molar-refractivity contribution in [3.8, 4) is 0 Å². The summed E-state index contributed by atoms with van der Waals surface area (Å²) in [6.45, 7) is 4.01. The first kappa shape index (κ1) is 15.6. The summed E-state index contributed by atoms with van der Waals surface area (Å²) in [6, 6.07) is 7.69. The number of nitrogens with one attached hydrogen (secondary N) is 1. The number of hydroxylamine groups is 2. The summed E-state index contributed by atoms with van der Waals surface area (Å²) >= 11 is 6.35. The van der Waals surface area contributed by atoms with Crippen molar-refractivity contribution in [2.75, 3.05) is 7.05 Å². The fourth-order valence-corrected chi connectivity index (χ4v) is 3.56. The number of hydrogen-bond donors (Lipinski definition) is 2. The molecule has 4 unspecified atom stereocenters. The maximum Gasteiger partial charge on any atom is 0.216 e. The number of rotatable bonds is 1. The molecular formula is C17H21ClN2O2. The molecule has 0 saturated carbocycles. The maximum absolute atomic E-state index is 12.1. The van der Waals surface area contributed by atoms with Crippen molar-refractivity contribution < 1.29 is 10.2 Å². The monoisotopic (exact) mass is 320 g/mol. The third-order valence-electron chi connectivity index (χ3n) is 4.88. The summed E-state index contributed by atoms with van der Waals surface area (Å²) in [4.78, 5) is 2.17. The highest BCUT2D eigenvalue weighted by Crippen LogP contribution is 2.35. The average molecular weight is 321 g/mol. The number of nitrogens with zero attached hydrogens (tertiary/aromatic N) is 1. The fraction of sp³-hybridized carbons (Fsp3) is 0.412. The lowest BCUT2D eigenvalue weighted by Crippen LogP contribution is -3.13. The number of quaternary nitrogens is 1. The maximum atomic E-state index is 12.1. The van der Waals surface area contributed by atoms with Crippen molar-refractivity contribution in [3.05, 3.63) is 57.3 Å². The van der Waals surface area contributed by atoms with Gasteiger partial charge in [-0.05, 0) is 32.4 Å². The topological polar surface area (TPSA) is 51.0 Å². The van der Waals surface area contributed by atoms with Crippen LogP contribution >= 0.6 is 11.6 Å². The molecule has 22 heavy (non-hydrogen) atoms. The van der Waals surface area contributed by atoms with Gasteiger partial charge in [-0.2, -0.15) is 0 Å². The molecule has 2 aliphatic heterocycles. The molecule has 0 aliphatic carbocycles. The van der Waals surface area contributed by atoms with Crippen molar-refractivity contribution in [1.82, 2.24) is 4.90 Å². The van der Waals surface area contributed by atoms with Crippen LogP contribution in [0.5, 0.6) is 0 Å². The Morgan fingerprint density at radius 3 is 2.68 bits per heavy atom. The van der Waals surface area contributed by atoms with Crippen molar-refractivity contribution in [3.63, 3.8) is 0 Å². The van der Waals surface area contributed by atoms with Crippen LogP contribution in [-0.4, -0.2) is 35.4 Å². The van der Waals surface area contributed by atoms with Gasteiger partial charge >= 0.3 is 0 Å². The Hall–Kier alpha value is -1.33. The molecule has 0 fully saturated rings. The first-order valence-corrected chi connectivity index (χ1v) is 7.93. The smallest absolute Gasteiger partial charge is 0.216 e. The van der Waals surface area contributed by atoms with E-state index in [1.165, 1.54) is 0 Å². The summed E-state index contributed by atoms with van der Waals surface area (Å²) in [5, 5.41) is 23.0. The molecule has 3 rings (SSSR count). The normalized spacial score (nSPS) is 31.9. The zero-order valence-electron chi connectivity index (χ0n) is 13.0. The molecule has 0 aromatic heterocycles. The van der Waals surface area contributed by atoms with Crippen LogP contribution < -0.4 is 5.06 Å². The molecule has 0 saturated heterocycles. The van der Waals surface area contributed by atoms with E-state index >= 15 is 0 Å².